The van der Waals surface area contributed by atoms with Gasteiger partial charge in [-0.3, -0.25) is 30.1 Å². The number of nitrogens with one attached hydrogen (secondary N) is 3. The minimum absolute atomic E-state index is 0.0307. The minimum atomic E-state index is -1.13. The van der Waals surface area contributed by atoms with Gasteiger partial charge in [-0.1, -0.05) is 36.4 Å². The smallest absolute Gasteiger partial charge is 0.295 e. The van der Waals surface area contributed by atoms with Gasteiger partial charge in [0.2, 0.25) is 0 Å². The van der Waals surface area contributed by atoms with Gasteiger partial charge in [0.1, 0.15) is 5.75 Å². The molecule has 3 amide bonds. The number of β-amino-alcohol motifs (C(OH)–C–C–N with tert-alkyl or cyclic N) is 1. The number of benzene rings is 3. The second-order valence-corrected chi connectivity index (χ2v) is 9.94. The SMILES string of the molecule is O=C(CO[N+](=O)[O-])NNC(=O)c1ccc(NCC(O)CN2C(=O)/C(=C/c3ccccc3O)SC2=Nc2ccccc2)cc1. The first kappa shape index (κ1) is 30.5. The van der Waals surface area contributed by atoms with E-state index in [2.05, 4.69) is 20.6 Å². The standard InChI is InChI=1S/C28H26N6O8S/c35-22(15-29-20-12-10-18(11-13-20)26(38)32-31-25(37)17-42-34(40)41)16-33-27(39)24(14-19-6-4-5-9-23(19)36)43-28(33)30-21-7-2-1-3-8-21/h1-14,22,29,35-36H,15-17H2,(H,31,37)(H,32,38)/b24-14-,30-28?. The first-order chi connectivity index (χ1) is 20.7. The summed E-state index contributed by atoms with van der Waals surface area (Å²) in [6, 6.07) is 21.8. The molecule has 0 radical (unpaired) electrons. The Balaban J connectivity index is 1.37. The van der Waals surface area contributed by atoms with Crippen LogP contribution >= 0.6 is 11.8 Å². The Morgan fingerprint density at radius 2 is 1.74 bits per heavy atom. The van der Waals surface area contributed by atoms with Gasteiger partial charge in [0.15, 0.2) is 11.8 Å². The summed E-state index contributed by atoms with van der Waals surface area (Å²) in [5.41, 5.74) is 5.96. The fourth-order valence-corrected chi connectivity index (χ4v) is 4.71. The summed E-state index contributed by atoms with van der Waals surface area (Å²) in [6.45, 7) is -0.874. The van der Waals surface area contributed by atoms with Crippen molar-refractivity contribution in [1.29, 1.82) is 0 Å². The number of aliphatic hydroxyl groups excluding tert-OH is 1. The molecule has 1 atom stereocenters. The van der Waals surface area contributed by atoms with Crippen molar-refractivity contribution in [3.8, 4) is 5.75 Å². The summed E-state index contributed by atoms with van der Waals surface area (Å²) < 4.78 is 0. The second-order valence-electron chi connectivity index (χ2n) is 8.93. The summed E-state index contributed by atoms with van der Waals surface area (Å²) in [6.07, 6.45) is 0.575. The van der Waals surface area contributed by atoms with E-state index < -0.39 is 29.6 Å². The Hall–Kier alpha value is -5.41. The molecule has 1 aliphatic rings. The molecule has 5 N–H and O–H groups in total. The number of rotatable bonds is 11. The number of aliphatic imine (C=N–C) groups is 1. The fourth-order valence-electron chi connectivity index (χ4n) is 3.71. The third-order valence-electron chi connectivity index (χ3n) is 5.79. The lowest BCUT2D eigenvalue weighted by molar-refractivity contribution is -0.754. The Morgan fingerprint density at radius 1 is 1.05 bits per heavy atom. The predicted octanol–water partition coefficient (Wildman–Crippen LogP) is 2.44. The number of phenolic OH excluding ortho intramolecular Hbond substituents is 1. The van der Waals surface area contributed by atoms with Crippen LogP contribution in [0.25, 0.3) is 6.08 Å². The van der Waals surface area contributed by atoms with Gasteiger partial charge in [-0.05, 0) is 60.3 Å². The zero-order valence-electron chi connectivity index (χ0n) is 22.4. The first-order valence-corrected chi connectivity index (χ1v) is 13.5. The molecule has 14 nitrogen and oxygen atoms in total. The maximum atomic E-state index is 13.3. The molecule has 0 bridgehead atoms. The molecule has 1 unspecified atom stereocenters. The van der Waals surface area contributed by atoms with Crippen LogP contribution in [-0.4, -0.2) is 68.9 Å². The number of nitrogens with zero attached hydrogens (tertiary/aromatic N) is 3. The van der Waals surface area contributed by atoms with Gasteiger partial charge in [-0.15, -0.1) is 10.1 Å². The highest BCUT2D eigenvalue weighted by Crippen LogP contribution is 2.35. The van der Waals surface area contributed by atoms with E-state index in [9.17, 15) is 34.7 Å². The minimum Gasteiger partial charge on any atom is -0.507 e. The van der Waals surface area contributed by atoms with Crippen molar-refractivity contribution in [2.75, 3.05) is 25.0 Å². The van der Waals surface area contributed by atoms with Crippen molar-refractivity contribution < 1.29 is 34.5 Å². The van der Waals surface area contributed by atoms with Crippen molar-refractivity contribution in [2.24, 2.45) is 4.99 Å². The third-order valence-corrected chi connectivity index (χ3v) is 6.80. The van der Waals surface area contributed by atoms with E-state index in [0.717, 1.165) is 11.8 Å². The number of hydrogen-bond acceptors (Lipinski definition) is 11. The van der Waals surface area contributed by atoms with E-state index in [1.54, 1.807) is 48.5 Å². The molecule has 0 spiro atoms. The average Bonchev–Trinajstić information content (AvgIpc) is 3.28. The topological polar surface area (TPSA) is 196 Å². The zero-order chi connectivity index (χ0) is 30.8. The highest BCUT2D eigenvalue weighted by Gasteiger charge is 2.35. The second kappa shape index (κ2) is 14.5. The van der Waals surface area contributed by atoms with Crippen molar-refractivity contribution in [2.45, 2.75) is 6.10 Å². The largest absolute Gasteiger partial charge is 0.507 e. The maximum Gasteiger partial charge on any atom is 0.295 e. The number of para-hydroxylation sites is 2. The van der Waals surface area contributed by atoms with Gasteiger partial charge in [-0.25, -0.2) is 4.99 Å². The Morgan fingerprint density at radius 3 is 2.44 bits per heavy atom. The molecule has 4 rings (SSSR count). The van der Waals surface area contributed by atoms with Crippen LogP contribution in [0, 0.1) is 10.1 Å². The summed E-state index contributed by atoms with van der Waals surface area (Å²) in [7, 11) is 0. The molecule has 15 heteroatoms. The lowest BCUT2D eigenvalue weighted by atomic mass is 10.2. The predicted molar refractivity (Wildman–Crippen MR) is 158 cm³/mol. The summed E-state index contributed by atoms with van der Waals surface area (Å²) in [5.74, 6) is -1.91. The number of phenols is 1. The number of carbonyl (C=O) groups is 3. The van der Waals surface area contributed by atoms with Crippen LogP contribution in [-0.2, 0) is 14.4 Å². The van der Waals surface area contributed by atoms with E-state index in [1.807, 2.05) is 23.6 Å². The normalized spacial score (nSPS) is 15.3. The number of hydrazine groups is 1. The summed E-state index contributed by atoms with van der Waals surface area (Å²) in [5, 5.41) is 33.4. The highest BCUT2D eigenvalue weighted by molar-refractivity contribution is 8.18. The molecule has 222 valence electrons. The van der Waals surface area contributed by atoms with E-state index in [-0.39, 0.29) is 30.3 Å². The Bertz CT molecular complexity index is 1550. The van der Waals surface area contributed by atoms with Crippen LogP contribution in [0.2, 0.25) is 0 Å². The van der Waals surface area contributed by atoms with Crippen LogP contribution in [0.15, 0.2) is 88.8 Å². The molecule has 3 aromatic rings. The number of hydrogen-bond donors (Lipinski definition) is 5. The first-order valence-electron chi connectivity index (χ1n) is 12.7. The number of anilines is 1. The van der Waals surface area contributed by atoms with Gasteiger partial charge in [0, 0.05) is 23.4 Å². The molecule has 3 aromatic carbocycles. The molecular weight excluding hydrogens is 580 g/mol. The van der Waals surface area contributed by atoms with Gasteiger partial charge < -0.3 is 20.4 Å². The molecule has 1 heterocycles. The zero-order valence-corrected chi connectivity index (χ0v) is 23.2. The van der Waals surface area contributed by atoms with Crippen molar-refractivity contribution >= 4 is 52.1 Å². The maximum absolute atomic E-state index is 13.3. The Labute approximate surface area is 249 Å². The number of aliphatic hydroxyl groups is 1. The third kappa shape index (κ3) is 8.79. The molecule has 0 saturated carbocycles. The molecule has 1 saturated heterocycles. The van der Waals surface area contributed by atoms with Gasteiger partial charge in [0.05, 0.1) is 23.2 Å². The van der Waals surface area contributed by atoms with E-state index >= 15 is 0 Å². The number of amidine groups is 1. The van der Waals surface area contributed by atoms with Crippen LogP contribution < -0.4 is 16.2 Å². The van der Waals surface area contributed by atoms with Crippen LogP contribution in [0.5, 0.6) is 5.75 Å². The summed E-state index contributed by atoms with van der Waals surface area (Å²) in [4.78, 5) is 57.3. The highest BCUT2D eigenvalue weighted by atomic mass is 32.2. The molecule has 1 fully saturated rings. The van der Waals surface area contributed by atoms with E-state index in [4.69, 9.17) is 0 Å². The van der Waals surface area contributed by atoms with E-state index in [1.165, 1.54) is 23.1 Å². The van der Waals surface area contributed by atoms with Crippen molar-refractivity contribution in [1.82, 2.24) is 15.8 Å². The lowest BCUT2D eigenvalue weighted by Crippen LogP contribution is -2.43. The van der Waals surface area contributed by atoms with Gasteiger partial charge >= 0.3 is 0 Å². The Kier molecular flexibility index (Phi) is 10.3. The lowest BCUT2D eigenvalue weighted by Gasteiger charge is -2.20. The summed E-state index contributed by atoms with van der Waals surface area (Å²) >= 11 is 1.14. The van der Waals surface area contributed by atoms with Gasteiger partial charge in [0.25, 0.3) is 22.8 Å². The number of thioether (sulfide) groups is 1. The van der Waals surface area contributed by atoms with Crippen LogP contribution in [0.3, 0.4) is 0 Å². The van der Waals surface area contributed by atoms with Crippen molar-refractivity contribution in [3.63, 3.8) is 0 Å². The average molecular weight is 607 g/mol. The number of carbonyl (C=O) groups excluding carboxylic acids is 3. The quantitative estimate of drug-likeness (QED) is 0.123. The molecule has 0 aliphatic carbocycles. The molecule has 0 aromatic heterocycles. The van der Waals surface area contributed by atoms with Gasteiger partial charge in [-0.2, -0.15) is 0 Å². The van der Waals surface area contributed by atoms with Crippen LogP contribution in [0.1, 0.15) is 15.9 Å². The monoisotopic (exact) mass is 606 g/mol. The fraction of sp³-hybridized carbons (Fsp3) is 0.143. The number of amides is 3. The molecular formula is C28H26N6O8S. The molecule has 1 aliphatic heterocycles. The van der Waals surface area contributed by atoms with E-state index in [0.29, 0.717) is 27.0 Å². The van der Waals surface area contributed by atoms with Crippen molar-refractivity contribution in [3.05, 3.63) is 105 Å². The van der Waals surface area contributed by atoms with Crippen LogP contribution in [0.4, 0.5) is 11.4 Å². The number of aromatic hydroxyl groups is 1. The molecule has 43 heavy (non-hydrogen) atoms.